The predicted molar refractivity (Wildman–Crippen MR) is 62.1 cm³/mol. The Balaban J connectivity index is 2.61. The van der Waals surface area contributed by atoms with Crippen LogP contribution in [-0.2, 0) is 0 Å². The maximum absolute atomic E-state index is 10.6. The SMILES string of the molecule is CC(C)Nc1nc(Cl)cn2cc(C=O)nc12. The number of nitrogens with one attached hydrogen (secondary N) is 1. The van der Waals surface area contributed by atoms with Crippen LogP contribution in [0, 0.1) is 0 Å². The highest BCUT2D eigenvalue weighted by Crippen LogP contribution is 2.18. The average molecular weight is 239 g/mol. The van der Waals surface area contributed by atoms with Gasteiger partial charge in [-0.25, -0.2) is 9.97 Å². The number of imidazole rings is 1. The van der Waals surface area contributed by atoms with Crippen LogP contribution in [-0.4, -0.2) is 26.7 Å². The fourth-order valence-corrected chi connectivity index (χ4v) is 1.60. The summed E-state index contributed by atoms with van der Waals surface area (Å²) < 4.78 is 1.68. The number of hydrogen-bond donors (Lipinski definition) is 1. The summed E-state index contributed by atoms with van der Waals surface area (Å²) in [7, 11) is 0. The van der Waals surface area contributed by atoms with E-state index in [9.17, 15) is 4.79 Å². The van der Waals surface area contributed by atoms with Gasteiger partial charge in [0.1, 0.15) is 10.8 Å². The van der Waals surface area contributed by atoms with Gasteiger partial charge in [0.25, 0.3) is 0 Å². The number of hydrogen-bond acceptors (Lipinski definition) is 4. The molecular weight excluding hydrogens is 228 g/mol. The van der Waals surface area contributed by atoms with Crippen LogP contribution in [0.25, 0.3) is 5.65 Å². The van der Waals surface area contributed by atoms with Gasteiger partial charge in [-0.3, -0.25) is 4.79 Å². The normalized spacial score (nSPS) is 11.0. The van der Waals surface area contributed by atoms with Crippen molar-refractivity contribution in [1.82, 2.24) is 14.4 Å². The van der Waals surface area contributed by atoms with Crippen LogP contribution in [0.4, 0.5) is 5.82 Å². The maximum atomic E-state index is 10.6. The van der Waals surface area contributed by atoms with Gasteiger partial charge in [0.15, 0.2) is 17.8 Å². The number of halogens is 1. The van der Waals surface area contributed by atoms with Gasteiger partial charge in [0.05, 0.1) is 0 Å². The van der Waals surface area contributed by atoms with Crippen molar-refractivity contribution in [2.24, 2.45) is 0 Å². The van der Waals surface area contributed by atoms with E-state index in [4.69, 9.17) is 11.6 Å². The molecule has 0 bridgehead atoms. The molecular formula is C10H11ClN4O. The Hall–Kier alpha value is -1.62. The molecule has 0 saturated carbocycles. The second-order valence-corrected chi connectivity index (χ2v) is 4.11. The second-order valence-electron chi connectivity index (χ2n) is 3.73. The van der Waals surface area contributed by atoms with E-state index in [1.807, 2.05) is 13.8 Å². The van der Waals surface area contributed by atoms with E-state index in [2.05, 4.69) is 15.3 Å². The van der Waals surface area contributed by atoms with Gasteiger partial charge in [-0.05, 0) is 13.8 Å². The number of aldehydes is 1. The molecule has 0 spiro atoms. The van der Waals surface area contributed by atoms with Crippen LogP contribution in [0.15, 0.2) is 12.4 Å². The molecule has 0 amide bonds. The lowest BCUT2D eigenvalue weighted by molar-refractivity contribution is 0.111. The standard InChI is InChI=1S/C10H11ClN4O/c1-6(2)12-9-10-13-7(5-16)3-15(10)4-8(11)14-9/h3-6H,1-2H3,(H,12,14). The number of rotatable bonds is 3. The molecule has 5 nitrogen and oxygen atoms in total. The third-order valence-electron chi connectivity index (χ3n) is 1.97. The van der Waals surface area contributed by atoms with E-state index < -0.39 is 0 Å². The van der Waals surface area contributed by atoms with Crippen LogP contribution >= 0.6 is 11.6 Å². The molecule has 0 atom stereocenters. The van der Waals surface area contributed by atoms with Crippen LogP contribution in [0.5, 0.6) is 0 Å². The highest BCUT2D eigenvalue weighted by molar-refractivity contribution is 6.29. The molecule has 0 aliphatic rings. The van der Waals surface area contributed by atoms with E-state index in [0.717, 1.165) is 0 Å². The summed E-state index contributed by atoms with van der Waals surface area (Å²) in [4.78, 5) is 18.9. The average Bonchev–Trinajstić information content (AvgIpc) is 2.59. The zero-order valence-electron chi connectivity index (χ0n) is 8.94. The molecule has 1 N–H and O–H groups in total. The van der Waals surface area contributed by atoms with Crippen LogP contribution in [0.1, 0.15) is 24.3 Å². The molecule has 84 valence electrons. The summed E-state index contributed by atoms with van der Waals surface area (Å²) in [5.74, 6) is 0.579. The Bertz CT molecular complexity index is 535. The smallest absolute Gasteiger partial charge is 0.180 e. The van der Waals surface area contributed by atoms with E-state index in [1.54, 1.807) is 16.8 Å². The predicted octanol–water partition coefficient (Wildman–Crippen LogP) is 2.02. The Kier molecular flexibility index (Phi) is 2.78. The van der Waals surface area contributed by atoms with Crippen molar-refractivity contribution < 1.29 is 4.79 Å². The minimum atomic E-state index is 0.214. The molecule has 0 aromatic carbocycles. The summed E-state index contributed by atoms with van der Waals surface area (Å²) in [6, 6.07) is 0.214. The number of aromatic nitrogens is 3. The fourth-order valence-electron chi connectivity index (χ4n) is 1.41. The van der Waals surface area contributed by atoms with Gasteiger partial charge in [-0.15, -0.1) is 0 Å². The van der Waals surface area contributed by atoms with E-state index in [1.165, 1.54) is 0 Å². The molecule has 2 aromatic rings. The minimum absolute atomic E-state index is 0.214. The Morgan fingerprint density at radius 3 is 2.81 bits per heavy atom. The number of anilines is 1. The van der Waals surface area contributed by atoms with Crippen LogP contribution in [0.3, 0.4) is 0 Å². The third-order valence-corrected chi connectivity index (χ3v) is 2.16. The van der Waals surface area contributed by atoms with Crippen molar-refractivity contribution in [2.75, 3.05) is 5.32 Å². The summed E-state index contributed by atoms with van der Waals surface area (Å²) in [5.41, 5.74) is 0.955. The summed E-state index contributed by atoms with van der Waals surface area (Å²) in [6.45, 7) is 3.98. The molecule has 6 heteroatoms. The van der Waals surface area contributed by atoms with Crippen molar-refractivity contribution in [3.05, 3.63) is 23.2 Å². The lowest BCUT2D eigenvalue weighted by Crippen LogP contribution is -2.12. The quantitative estimate of drug-likeness (QED) is 0.831. The van der Waals surface area contributed by atoms with Gasteiger partial charge < -0.3 is 9.72 Å². The van der Waals surface area contributed by atoms with Crippen molar-refractivity contribution in [2.45, 2.75) is 19.9 Å². The zero-order chi connectivity index (χ0) is 11.7. The highest BCUT2D eigenvalue weighted by atomic mass is 35.5. The topological polar surface area (TPSA) is 59.3 Å². The minimum Gasteiger partial charge on any atom is -0.365 e. The van der Waals surface area contributed by atoms with E-state index in [0.29, 0.717) is 28.6 Å². The lowest BCUT2D eigenvalue weighted by Gasteiger charge is -2.09. The largest absolute Gasteiger partial charge is 0.365 e. The Morgan fingerprint density at radius 1 is 1.44 bits per heavy atom. The molecule has 0 radical (unpaired) electrons. The first kappa shape index (κ1) is 10.9. The molecule has 2 rings (SSSR count). The molecule has 16 heavy (non-hydrogen) atoms. The number of nitrogens with zero attached hydrogens (tertiary/aromatic N) is 3. The van der Waals surface area contributed by atoms with Gasteiger partial charge in [-0.2, -0.15) is 0 Å². The van der Waals surface area contributed by atoms with Gasteiger partial charge in [0, 0.05) is 18.4 Å². The first-order valence-corrected chi connectivity index (χ1v) is 5.25. The maximum Gasteiger partial charge on any atom is 0.180 e. The van der Waals surface area contributed by atoms with E-state index >= 15 is 0 Å². The first-order valence-electron chi connectivity index (χ1n) is 4.87. The zero-order valence-corrected chi connectivity index (χ0v) is 9.69. The van der Waals surface area contributed by atoms with Crippen molar-refractivity contribution in [3.8, 4) is 0 Å². The van der Waals surface area contributed by atoms with Crippen molar-refractivity contribution >= 4 is 29.4 Å². The van der Waals surface area contributed by atoms with Gasteiger partial charge in [-0.1, -0.05) is 11.6 Å². The molecule has 0 saturated heterocycles. The number of carbonyl (C=O) groups excluding carboxylic acids is 1. The van der Waals surface area contributed by atoms with Gasteiger partial charge >= 0.3 is 0 Å². The summed E-state index contributed by atoms with van der Waals surface area (Å²) >= 11 is 5.87. The number of fused-ring (bicyclic) bond motifs is 1. The third kappa shape index (κ3) is 1.99. The molecule has 0 unspecified atom stereocenters. The second kappa shape index (κ2) is 4.09. The molecule has 2 heterocycles. The van der Waals surface area contributed by atoms with Crippen molar-refractivity contribution in [1.29, 1.82) is 0 Å². The van der Waals surface area contributed by atoms with Crippen LogP contribution in [0.2, 0.25) is 5.15 Å². The van der Waals surface area contributed by atoms with Gasteiger partial charge in [0.2, 0.25) is 0 Å². The van der Waals surface area contributed by atoms with Crippen LogP contribution < -0.4 is 5.32 Å². The molecule has 0 aliphatic carbocycles. The number of carbonyl (C=O) groups is 1. The summed E-state index contributed by atoms with van der Waals surface area (Å²) in [6.07, 6.45) is 3.92. The molecule has 2 aromatic heterocycles. The Morgan fingerprint density at radius 2 is 2.19 bits per heavy atom. The molecule has 0 fully saturated rings. The van der Waals surface area contributed by atoms with E-state index in [-0.39, 0.29) is 6.04 Å². The summed E-state index contributed by atoms with van der Waals surface area (Å²) in [5, 5.41) is 3.48. The highest BCUT2D eigenvalue weighted by Gasteiger charge is 2.09. The lowest BCUT2D eigenvalue weighted by atomic mass is 10.4. The fraction of sp³-hybridized carbons (Fsp3) is 0.300. The molecule has 0 aliphatic heterocycles. The van der Waals surface area contributed by atoms with Crippen molar-refractivity contribution in [3.63, 3.8) is 0 Å². The monoisotopic (exact) mass is 238 g/mol. The first-order chi connectivity index (χ1) is 7.60. The Labute approximate surface area is 97.5 Å².